The number of rotatable bonds is 4. The third kappa shape index (κ3) is 3.23. The maximum absolute atomic E-state index is 8.76. The largest absolute Gasteiger partial charge is 0.409 e. The fourth-order valence-electron chi connectivity index (χ4n) is 2.54. The van der Waals surface area contributed by atoms with Crippen LogP contribution in [0.5, 0.6) is 0 Å². The van der Waals surface area contributed by atoms with E-state index in [1.54, 1.807) is 6.33 Å². The molecule has 7 nitrogen and oxygen atoms in total. The Hall–Kier alpha value is -1.63. The molecule has 106 valence electrons. The Bertz CT molecular complexity index is 441. The number of nitrogens with zero attached hydrogens (tertiary/aromatic N) is 5. The second-order valence-electron chi connectivity index (χ2n) is 5.31. The molecule has 0 saturated carbocycles. The van der Waals surface area contributed by atoms with Gasteiger partial charge < -0.3 is 10.9 Å². The number of oxime groups is 1. The molecule has 1 fully saturated rings. The van der Waals surface area contributed by atoms with Gasteiger partial charge in [0, 0.05) is 18.5 Å². The van der Waals surface area contributed by atoms with Crippen LogP contribution in [0.3, 0.4) is 0 Å². The van der Waals surface area contributed by atoms with Crippen LogP contribution >= 0.6 is 0 Å². The van der Waals surface area contributed by atoms with Gasteiger partial charge >= 0.3 is 0 Å². The van der Waals surface area contributed by atoms with E-state index in [1.807, 2.05) is 4.68 Å². The topological polar surface area (TPSA) is 92.6 Å². The Morgan fingerprint density at radius 3 is 3.11 bits per heavy atom. The molecule has 0 bridgehead atoms. The van der Waals surface area contributed by atoms with E-state index >= 15 is 0 Å². The van der Waals surface area contributed by atoms with E-state index in [9.17, 15) is 0 Å². The Morgan fingerprint density at radius 1 is 1.63 bits per heavy atom. The van der Waals surface area contributed by atoms with Crippen LogP contribution in [0.15, 0.2) is 11.5 Å². The van der Waals surface area contributed by atoms with Crippen LogP contribution in [0.2, 0.25) is 0 Å². The SMILES string of the molecule is CC(C)n1ncnc1CN1CCCC(C(N)=NO)C1. The molecule has 3 N–H and O–H groups in total. The first-order valence-electron chi connectivity index (χ1n) is 6.70. The Balaban J connectivity index is 2.01. The summed E-state index contributed by atoms with van der Waals surface area (Å²) in [5, 5.41) is 16.1. The lowest BCUT2D eigenvalue weighted by Crippen LogP contribution is -2.41. The van der Waals surface area contributed by atoms with Crippen molar-refractivity contribution in [3.8, 4) is 0 Å². The van der Waals surface area contributed by atoms with E-state index in [2.05, 4.69) is 34.0 Å². The van der Waals surface area contributed by atoms with Gasteiger partial charge in [-0.2, -0.15) is 5.10 Å². The highest BCUT2D eigenvalue weighted by Gasteiger charge is 2.24. The number of aromatic nitrogens is 3. The number of hydrogen-bond acceptors (Lipinski definition) is 5. The summed E-state index contributed by atoms with van der Waals surface area (Å²) in [5.74, 6) is 1.43. The summed E-state index contributed by atoms with van der Waals surface area (Å²) >= 11 is 0. The summed E-state index contributed by atoms with van der Waals surface area (Å²) < 4.78 is 1.94. The first-order chi connectivity index (χ1) is 9.11. The van der Waals surface area contributed by atoms with Crippen molar-refractivity contribution in [1.82, 2.24) is 19.7 Å². The van der Waals surface area contributed by atoms with Crippen molar-refractivity contribution in [3.05, 3.63) is 12.2 Å². The van der Waals surface area contributed by atoms with Gasteiger partial charge in [0.25, 0.3) is 0 Å². The highest BCUT2D eigenvalue weighted by molar-refractivity contribution is 5.82. The van der Waals surface area contributed by atoms with Gasteiger partial charge in [0.1, 0.15) is 18.0 Å². The van der Waals surface area contributed by atoms with Crippen LogP contribution in [0.25, 0.3) is 0 Å². The van der Waals surface area contributed by atoms with Crippen LogP contribution < -0.4 is 5.73 Å². The van der Waals surface area contributed by atoms with Crippen LogP contribution in [0.4, 0.5) is 0 Å². The van der Waals surface area contributed by atoms with Crippen molar-refractivity contribution in [2.75, 3.05) is 13.1 Å². The highest BCUT2D eigenvalue weighted by Crippen LogP contribution is 2.18. The van der Waals surface area contributed by atoms with Crippen LogP contribution in [-0.2, 0) is 6.54 Å². The van der Waals surface area contributed by atoms with Gasteiger partial charge in [-0.1, -0.05) is 5.16 Å². The average Bonchev–Trinajstić information content (AvgIpc) is 2.86. The Morgan fingerprint density at radius 2 is 2.42 bits per heavy atom. The van der Waals surface area contributed by atoms with Gasteiger partial charge in [0.05, 0.1) is 6.54 Å². The number of amidine groups is 1. The van der Waals surface area contributed by atoms with Crippen molar-refractivity contribution in [1.29, 1.82) is 0 Å². The van der Waals surface area contributed by atoms with E-state index in [0.717, 1.165) is 38.3 Å². The molecule has 0 radical (unpaired) electrons. The van der Waals surface area contributed by atoms with Crippen LogP contribution in [0.1, 0.15) is 38.6 Å². The lowest BCUT2D eigenvalue weighted by molar-refractivity contribution is 0.185. The maximum atomic E-state index is 8.76. The minimum atomic E-state index is 0.133. The van der Waals surface area contributed by atoms with Gasteiger partial charge in [0.2, 0.25) is 0 Å². The Kier molecular flexibility index (Phi) is 4.36. The van der Waals surface area contributed by atoms with Crippen molar-refractivity contribution >= 4 is 5.84 Å². The number of piperidine rings is 1. The molecule has 1 aliphatic heterocycles. The third-order valence-corrected chi connectivity index (χ3v) is 3.54. The van der Waals surface area contributed by atoms with E-state index in [-0.39, 0.29) is 5.92 Å². The molecular weight excluding hydrogens is 244 g/mol. The fourth-order valence-corrected chi connectivity index (χ4v) is 2.54. The number of likely N-dealkylation sites (tertiary alicyclic amines) is 1. The summed E-state index contributed by atoms with van der Waals surface area (Å²) in [6.07, 6.45) is 3.63. The van der Waals surface area contributed by atoms with Crippen molar-refractivity contribution in [2.45, 2.75) is 39.3 Å². The van der Waals surface area contributed by atoms with Crippen molar-refractivity contribution in [3.63, 3.8) is 0 Å². The molecule has 19 heavy (non-hydrogen) atoms. The molecule has 1 unspecified atom stereocenters. The van der Waals surface area contributed by atoms with Gasteiger partial charge in [0.15, 0.2) is 0 Å². The lowest BCUT2D eigenvalue weighted by atomic mass is 9.97. The quantitative estimate of drug-likeness (QED) is 0.364. The zero-order chi connectivity index (χ0) is 13.8. The minimum absolute atomic E-state index is 0.133. The van der Waals surface area contributed by atoms with E-state index in [0.29, 0.717) is 11.9 Å². The lowest BCUT2D eigenvalue weighted by Gasteiger charge is -2.31. The predicted molar refractivity (Wildman–Crippen MR) is 71.8 cm³/mol. The standard InChI is InChI=1S/C12H22N6O/c1-9(2)18-11(14-8-15-18)7-17-5-3-4-10(6-17)12(13)16-19/h8-10,19H,3-7H2,1-2H3,(H2,13,16). The normalized spacial score (nSPS) is 22.1. The first-order valence-corrected chi connectivity index (χ1v) is 6.70. The first kappa shape index (κ1) is 13.8. The molecule has 0 aliphatic carbocycles. The highest BCUT2D eigenvalue weighted by atomic mass is 16.4. The number of nitrogens with two attached hydrogens (primary N) is 1. The molecule has 1 aromatic rings. The van der Waals surface area contributed by atoms with Crippen LogP contribution in [-0.4, -0.2) is 43.8 Å². The second-order valence-corrected chi connectivity index (χ2v) is 5.31. The zero-order valence-electron chi connectivity index (χ0n) is 11.5. The summed E-state index contributed by atoms with van der Waals surface area (Å²) in [7, 11) is 0. The molecule has 0 aromatic carbocycles. The summed E-state index contributed by atoms with van der Waals surface area (Å²) in [5.41, 5.74) is 5.70. The summed E-state index contributed by atoms with van der Waals surface area (Å²) in [6, 6.07) is 0.308. The van der Waals surface area contributed by atoms with Gasteiger partial charge in [-0.15, -0.1) is 0 Å². The van der Waals surface area contributed by atoms with Gasteiger partial charge in [-0.05, 0) is 33.2 Å². The molecule has 1 aliphatic rings. The Labute approximate surface area is 113 Å². The van der Waals surface area contributed by atoms with E-state index < -0.39 is 0 Å². The van der Waals surface area contributed by atoms with Crippen molar-refractivity contribution in [2.24, 2.45) is 16.8 Å². The van der Waals surface area contributed by atoms with E-state index in [1.165, 1.54) is 0 Å². The molecule has 1 aromatic heterocycles. The molecule has 0 amide bonds. The smallest absolute Gasteiger partial charge is 0.143 e. The molecule has 7 heteroatoms. The second kappa shape index (κ2) is 6.01. The number of hydrogen-bond donors (Lipinski definition) is 2. The van der Waals surface area contributed by atoms with Gasteiger partial charge in [-0.3, -0.25) is 4.90 Å². The molecule has 2 heterocycles. The average molecular weight is 266 g/mol. The molecule has 2 rings (SSSR count). The predicted octanol–water partition coefficient (Wildman–Crippen LogP) is 0.817. The minimum Gasteiger partial charge on any atom is -0.409 e. The molecule has 1 saturated heterocycles. The van der Waals surface area contributed by atoms with Crippen LogP contribution in [0, 0.1) is 5.92 Å². The summed E-state index contributed by atoms with van der Waals surface area (Å²) in [4.78, 5) is 6.61. The molecular formula is C12H22N6O. The maximum Gasteiger partial charge on any atom is 0.143 e. The zero-order valence-corrected chi connectivity index (χ0v) is 11.5. The monoisotopic (exact) mass is 266 g/mol. The van der Waals surface area contributed by atoms with E-state index in [4.69, 9.17) is 10.9 Å². The fraction of sp³-hybridized carbons (Fsp3) is 0.750. The van der Waals surface area contributed by atoms with Gasteiger partial charge in [-0.25, -0.2) is 9.67 Å². The van der Waals surface area contributed by atoms with Crippen molar-refractivity contribution < 1.29 is 5.21 Å². The molecule has 1 atom stereocenters. The molecule has 0 spiro atoms. The summed E-state index contributed by atoms with van der Waals surface area (Å²) in [6.45, 7) is 6.76. The third-order valence-electron chi connectivity index (χ3n) is 3.54.